The van der Waals surface area contributed by atoms with Crippen molar-refractivity contribution in [1.82, 2.24) is 0 Å². The SMILES string of the molecule is COc1cc([C@@H]2Oc3ccccc3O[C@H]2C)ccc1O. The second kappa shape index (κ2) is 4.96. The monoisotopic (exact) mass is 272 g/mol. The van der Waals surface area contributed by atoms with E-state index in [4.69, 9.17) is 14.2 Å². The molecule has 4 nitrogen and oxygen atoms in total. The maximum Gasteiger partial charge on any atom is 0.162 e. The molecule has 0 spiro atoms. The molecule has 104 valence electrons. The molecule has 0 bridgehead atoms. The maximum atomic E-state index is 9.66. The lowest BCUT2D eigenvalue weighted by Gasteiger charge is -2.32. The molecule has 0 saturated carbocycles. The Morgan fingerprint density at radius 2 is 1.75 bits per heavy atom. The van der Waals surface area contributed by atoms with Crippen molar-refractivity contribution in [2.75, 3.05) is 7.11 Å². The van der Waals surface area contributed by atoms with Crippen molar-refractivity contribution in [2.24, 2.45) is 0 Å². The van der Waals surface area contributed by atoms with Gasteiger partial charge in [0.2, 0.25) is 0 Å². The van der Waals surface area contributed by atoms with Crippen molar-refractivity contribution >= 4 is 0 Å². The first kappa shape index (κ1) is 12.7. The molecule has 3 rings (SSSR count). The maximum absolute atomic E-state index is 9.66. The molecule has 0 radical (unpaired) electrons. The number of aromatic hydroxyl groups is 1. The number of phenols is 1. The fourth-order valence-corrected chi connectivity index (χ4v) is 2.35. The Morgan fingerprint density at radius 1 is 1.05 bits per heavy atom. The molecule has 20 heavy (non-hydrogen) atoms. The molecule has 2 aromatic rings. The Kier molecular flexibility index (Phi) is 3.14. The van der Waals surface area contributed by atoms with Gasteiger partial charge in [-0.05, 0) is 31.2 Å². The summed E-state index contributed by atoms with van der Waals surface area (Å²) < 4.78 is 17.0. The highest BCUT2D eigenvalue weighted by atomic mass is 16.6. The Hall–Kier alpha value is -2.36. The van der Waals surface area contributed by atoms with Crippen LogP contribution in [0.5, 0.6) is 23.0 Å². The molecule has 0 aromatic heterocycles. The van der Waals surface area contributed by atoms with Crippen LogP contribution in [0.4, 0.5) is 0 Å². The molecule has 0 fully saturated rings. The van der Waals surface area contributed by atoms with Crippen LogP contribution in [-0.2, 0) is 0 Å². The van der Waals surface area contributed by atoms with E-state index in [0.29, 0.717) is 5.75 Å². The van der Waals surface area contributed by atoms with Crippen molar-refractivity contribution in [3.05, 3.63) is 48.0 Å². The molecule has 2 aromatic carbocycles. The highest BCUT2D eigenvalue weighted by molar-refractivity contribution is 5.45. The summed E-state index contributed by atoms with van der Waals surface area (Å²) in [5, 5.41) is 9.66. The molecule has 0 amide bonds. The van der Waals surface area contributed by atoms with Gasteiger partial charge in [0.15, 0.2) is 29.1 Å². The molecule has 1 heterocycles. The van der Waals surface area contributed by atoms with Gasteiger partial charge in [-0.15, -0.1) is 0 Å². The lowest BCUT2D eigenvalue weighted by Crippen LogP contribution is -2.30. The van der Waals surface area contributed by atoms with E-state index in [9.17, 15) is 5.11 Å². The van der Waals surface area contributed by atoms with E-state index in [2.05, 4.69) is 0 Å². The number of para-hydroxylation sites is 2. The van der Waals surface area contributed by atoms with Crippen LogP contribution in [0.2, 0.25) is 0 Å². The molecule has 1 N–H and O–H groups in total. The Bertz CT molecular complexity index is 624. The van der Waals surface area contributed by atoms with E-state index in [1.54, 1.807) is 12.1 Å². The molecule has 0 unspecified atom stereocenters. The molecular weight excluding hydrogens is 256 g/mol. The standard InChI is InChI=1S/C16H16O4/c1-10-16(11-7-8-12(17)15(9-11)18-2)20-14-6-4-3-5-13(14)19-10/h3-10,16-17H,1-2H3/t10-,16+/m0/s1. The average Bonchev–Trinajstić information content (AvgIpc) is 2.47. The Balaban J connectivity index is 1.95. The highest BCUT2D eigenvalue weighted by Gasteiger charge is 2.29. The van der Waals surface area contributed by atoms with Crippen LogP contribution < -0.4 is 14.2 Å². The topological polar surface area (TPSA) is 47.9 Å². The minimum absolute atomic E-state index is 0.112. The lowest BCUT2D eigenvalue weighted by atomic mass is 10.0. The van der Waals surface area contributed by atoms with Crippen molar-refractivity contribution in [3.8, 4) is 23.0 Å². The number of hydrogen-bond acceptors (Lipinski definition) is 4. The molecule has 0 aliphatic carbocycles. The second-order valence-electron chi connectivity index (χ2n) is 4.74. The lowest BCUT2D eigenvalue weighted by molar-refractivity contribution is 0.0305. The van der Waals surface area contributed by atoms with Crippen molar-refractivity contribution < 1.29 is 19.3 Å². The Labute approximate surface area is 117 Å². The fourth-order valence-electron chi connectivity index (χ4n) is 2.35. The zero-order valence-electron chi connectivity index (χ0n) is 11.4. The number of hydrogen-bond donors (Lipinski definition) is 1. The van der Waals surface area contributed by atoms with Gasteiger partial charge in [0.25, 0.3) is 0 Å². The minimum atomic E-state index is -0.237. The fraction of sp³-hybridized carbons (Fsp3) is 0.250. The van der Waals surface area contributed by atoms with Gasteiger partial charge in [-0.25, -0.2) is 0 Å². The summed E-state index contributed by atoms with van der Waals surface area (Å²) in [6.07, 6.45) is -0.362. The molecule has 1 aliphatic heterocycles. The van der Waals surface area contributed by atoms with Gasteiger partial charge < -0.3 is 19.3 Å². The number of fused-ring (bicyclic) bond motifs is 1. The quantitative estimate of drug-likeness (QED) is 0.911. The normalized spacial score (nSPS) is 20.5. The number of methoxy groups -OCH3 is 1. The van der Waals surface area contributed by atoms with Crippen LogP contribution in [0, 0.1) is 0 Å². The summed E-state index contributed by atoms with van der Waals surface area (Å²) in [4.78, 5) is 0. The first-order valence-electron chi connectivity index (χ1n) is 6.48. The first-order chi connectivity index (χ1) is 9.69. The van der Waals surface area contributed by atoms with E-state index in [0.717, 1.165) is 17.1 Å². The van der Waals surface area contributed by atoms with Crippen LogP contribution in [0.15, 0.2) is 42.5 Å². The number of rotatable bonds is 2. The van der Waals surface area contributed by atoms with Gasteiger partial charge >= 0.3 is 0 Å². The molecule has 0 saturated heterocycles. The van der Waals surface area contributed by atoms with E-state index in [-0.39, 0.29) is 18.0 Å². The van der Waals surface area contributed by atoms with Gasteiger partial charge in [0, 0.05) is 5.56 Å². The van der Waals surface area contributed by atoms with Gasteiger partial charge in [-0.2, -0.15) is 0 Å². The zero-order chi connectivity index (χ0) is 14.1. The summed E-state index contributed by atoms with van der Waals surface area (Å²) in [7, 11) is 1.52. The van der Waals surface area contributed by atoms with Gasteiger partial charge in [-0.3, -0.25) is 0 Å². The van der Waals surface area contributed by atoms with Crippen LogP contribution in [0.1, 0.15) is 18.6 Å². The van der Waals surface area contributed by atoms with Crippen molar-refractivity contribution in [3.63, 3.8) is 0 Å². The third kappa shape index (κ3) is 2.13. The van der Waals surface area contributed by atoms with Crippen molar-refractivity contribution in [1.29, 1.82) is 0 Å². The van der Waals surface area contributed by atoms with E-state index < -0.39 is 0 Å². The predicted octanol–water partition coefficient (Wildman–Crippen LogP) is 3.30. The van der Waals surface area contributed by atoms with Crippen LogP contribution >= 0.6 is 0 Å². The highest BCUT2D eigenvalue weighted by Crippen LogP contribution is 2.40. The number of phenolic OH excluding ortho intramolecular Hbond substituents is 1. The molecule has 1 aliphatic rings. The second-order valence-corrected chi connectivity index (χ2v) is 4.74. The molecular formula is C16H16O4. The average molecular weight is 272 g/mol. The number of benzene rings is 2. The predicted molar refractivity (Wildman–Crippen MR) is 74.6 cm³/mol. The minimum Gasteiger partial charge on any atom is -0.504 e. The van der Waals surface area contributed by atoms with Crippen molar-refractivity contribution in [2.45, 2.75) is 19.1 Å². The summed E-state index contributed by atoms with van der Waals surface area (Å²) >= 11 is 0. The Morgan fingerprint density at radius 3 is 2.45 bits per heavy atom. The summed E-state index contributed by atoms with van der Waals surface area (Å²) in [6, 6.07) is 12.8. The van der Waals surface area contributed by atoms with Crippen LogP contribution in [0.3, 0.4) is 0 Å². The first-order valence-corrected chi connectivity index (χ1v) is 6.48. The molecule has 2 atom stereocenters. The molecule has 4 heteroatoms. The summed E-state index contributed by atoms with van der Waals surface area (Å²) in [5.41, 5.74) is 0.904. The smallest absolute Gasteiger partial charge is 0.162 e. The van der Waals surface area contributed by atoms with Gasteiger partial charge in [0.05, 0.1) is 7.11 Å². The third-order valence-electron chi connectivity index (χ3n) is 3.37. The van der Waals surface area contributed by atoms with Crippen LogP contribution in [-0.4, -0.2) is 18.3 Å². The van der Waals surface area contributed by atoms with E-state index >= 15 is 0 Å². The summed E-state index contributed by atoms with van der Waals surface area (Å²) in [6.45, 7) is 1.96. The van der Waals surface area contributed by atoms with Crippen LogP contribution in [0.25, 0.3) is 0 Å². The summed E-state index contributed by atoms with van der Waals surface area (Å²) in [5.74, 6) is 2.02. The van der Waals surface area contributed by atoms with Gasteiger partial charge in [-0.1, -0.05) is 18.2 Å². The largest absolute Gasteiger partial charge is 0.504 e. The van der Waals surface area contributed by atoms with Gasteiger partial charge in [0.1, 0.15) is 6.10 Å². The zero-order valence-corrected chi connectivity index (χ0v) is 11.4. The third-order valence-corrected chi connectivity index (χ3v) is 3.37. The van der Waals surface area contributed by atoms with E-state index in [1.807, 2.05) is 37.3 Å². The van der Waals surface area contributed by atoms with E-state index in [1.165, 1.54) is 7.11 Å². The number of ether oxygens (including phenoxy) is 3.